The lowest BCUT2D eigenvalue weighted by Gasteiger charge is -2.15. The summed E-state index contributed by atoms with van der Waals surface area (Å²) >= 11 is 0. The molecule has 0 radical (unpaired) electrons. The van der Waals surface area contributed by atoms with E-state index in [2.05, 4.69) is 0 Å². The molecular formula is C9H16O5. The van der Waals surface area contributed by atoms with Crippen LogP contribution in [0.25, 0.3) is 0 Å². The maximum absolute atomic E-state index is 10.7. The second kappa shape index (κ2) is 7.32. The summed E-state index contributed by atoms with van der Waals surface area (Å²) in [6.45, 7) is 3.16. The number of carbonyl (C=O) groups excluding carboxylic acids is 2. The van der Waals surface area contributed by atoms with Crippen molar-refractivity contribution in [1.82, 2.24) is 0 Å². The van der Waals surface area contributed by atoms with Gasteiger partial charge in [0.05, 0.1) is 0 Å². The van der Waals surface area contributed by atoms with Crippen molar-refractivity contribution in [2.75, 3.05) is 20.3 Å². The molecule has 0 N–H and O–H groups in total. The summed E-state index contributed by atoms with van der Waals surface area (Å²) in [6.07, 6.45) is 0.0972. The largest absolute Gasteiger partial charge is 0.462 e. The highest BCUT2D eigenvalue weighted by molar-refractivity contribution is 5.67. The smallest absolute Gasteiger partial charge is 0.303 e. The van der Waals surface area contributed by atoms with Gasteiger partial charge in [0, 0.05) is 34.0 Å². The van der Waals surface area contributed by atoms with E-state index >= 15 is 0 Å². The summed E-state index contributed by atoms with van der Waals surface area (Å²) in [5, 5.41) is 0. The van der Waals surface area contributed by atoms with Crippen molar-refractivity contribution < 1.29 is 23.8 Å². The van der Waals surface area contributed by atoms with Gasteiger partial charge < -0.3 is 14.2 Å². The van der Waals surface area contributed by atoms with Crippen LogP contribution in [-0.4, -0.2) is 38.4 Å². The van der Waals surface area contributed by atoms with Gasteiger partial charge in [0.2, 0.25) is 0 Å². The van der Waals surface area contributed by atoms with Crippen LogP contribution in [0.3, 0.4) is 0 Å². The van der Waals surface area contributed by atoms with Gasteiger partial charge in [0.25, 0.3) is 0 Å². The van der Waals surface area contributed by atoms with Crippen molar-refractivity contribution in [2.24, 2.45) is 0 Å². The Morgan fingerprint density at radius 2 is 1.86 bits per heavy atom. The molecule has 0 rings (SSSR count). The molecule has 0 aromatic heterocycles. The number of methoxy groups -OCH3 is 1. The third-order valence-corrected chi connectivity index (χ3v) is 1.45. The minimum Gasteiger partial charge on any atom is -0.462 e. The SMILES string of the molecule is COCCC(COC(C)=O)OC(C)=O. The molecule has 0 heterocycles. The summed E-state index contributed by atoms with van der Waals surface area (Å²) in [7, 11) is 1.55. The second-order valence-corrected chi connectivity index (χ2v) is 2.82. The minimum atomic E-state index is -0.420. The highest BCUT2D eigenvalue weighted by atomic mass is 16.6. The molecule has 0 aromatic carbocycles. The Labute approximate surface area is 83.3 Å². The molecule has 0 spiro atoms. The fraction of sp³-hybridized carbons (Fsp3) is 0.778. The zero-order chi connectivity index (χ0) is 11.0. The molecule has 0 aliphatic carbocycles. The number of carbonyl (C=O) groups is 2. The Morgan fingerprint density at radius 1 is 1.21 bits per heavy atom. The fourth-order valence-corrected chi connectivity index (χ4v) is 0.871. The van der Waals surface area contributed by atoms with Crippen LogP contribution in [0.2, 0.25) is 0 Å². The molecule has 0 aliphatic rings. The van der Waals surface area contributed by atoms with E-state index in [1.54, 1.807) is 7.11 Å². The van der Waals surface area contributed by atoms with Gasteiger partial charge in [-0.1, -0.05) is 0 Å². The average Bonchev–Trinajstić information content (AvgIpc) is 2.09. The van der Waals surface area contributed by atoms with E-state index in [-0.39, 0.29) is 12.6 Å². The van der Waals surface area contributed by atoms with Crippen LogP contribution in [0.4, 0.5) is 0 Å². The van der Waals surface area contributed by atoms with Crippen LogP contribution < -0.4 is 0 Å². The molecule has 0 aromatic rings. The summed E-state index contributed by atoms with van der Waals surface area (Å²) in [5.41, 5.74) is 0. The molecule has 82 valence electrons. The van der Waals surface area contributed by atoms with Crippen molar-refractivity contribution in [1.29, 1.82) is 0 Å². The molecule has 0 bridgehead atoms. The molecule has 1 unspecified atom stereocenters. The van der Waals surface area contributed by atoms with E-state index in [1.807, 2.05) is 0 Å². The predicted molar refractivity (Wildman–Crippen MR) is 48.7 cm³/mol. The molecule has 5 nitrogen and oxygen atoms in total. The lowest BCUT2D eigenvalue weighted by molar-refractivity contribution is -0.157. The Bertz CT molecular complexity index is 190. The lowest BCUT2D eigenvalue weighted by atomic mass is 10.3. The van der Waals surface area contributed by atoms with E-state index in [4.69, 9.17) is 14.2 Å². The third-order valence-electron chi connectivity index (χ3n) is 1.45. The number of hydrogen-bond donors (Lipinski definition) is 0. The quantitative estimate of drug-likeness (QED) is 0.590. The minimum absolute atomic E-state index is 0.0816. The zero-order valence-corrected chi connectivity index (χ0v) is 8.74. The van der Waals surface area contributed by atoms with Gasteiger partial charge in [0.15, 0.2) is 0 Å². The van der Waals surface area contributed by atoms with Gasteiger partial charge >= 0.3 is 11.9 Å². The van der Waals surface area contributed by atoms with Crippen LogP contribution in [0.5, 0.6) is 0 Å². The molecule has 0 saturated carbocycles. The Hall–Kier alpha value is -1.10. The molecule has 5 heteroatoms. The molecule has 0 aliphatic heterocycles. The maximum Gasteiger partial charge on any atom is 0.303 e. The molecule has 1 atom stereocenters. The van der Waals surface area contributed by atoms with Crippen LogP contribution in [0.15, 0.2) is 0 Å². The zero-order valence-electron chi connectivity index (χ0n) is 8.74. The third kappa shape index (κ3) is 7.54. The Morgan fingerprint density at radius 3 is 2.29 bits per heavy atom. The number of hydrogen-bond acceptors (Lipinski definition) is 5. The van der Waals surface area contributed by atoms with Gasteiger partial charge in [-0.25, -0.2) is 0 Å². The average molecular weight is 204 g/mol. The van der Waals surface area contributed by atoms with E-state index in [9.17, 15) is 9.59 Å². The van der Waals surface area contributed by atoms with Crippen LogP contribution in [0.1, 0.15) is 20.3 Å². The molecule has 0 fully saturated rings. The Kier molecular flexibility index (Phi) is 6.74. The van der Waals surface area contributed by atoms with Gasteiger partial charge in [-0.3, -0.25) is 9.59 Å². The van der Waals surface area contributed by atoms with E-state index in [0.29, 0.717) is 13.0 Å². The topological polar surface area (TPSA) is 61.8 Å². The van der Waals surface area contributed by atoms with Gasteiger partial charge in [-0.2, -0.15) is 0 Å². The summed E-state index contributed by atoms with van der Waals surface area (Å²) < 4.78 is 14.5. The first-order valence-corrected chi connectivity index (χ1v) is 4.35. The summed E-state index contributed by atoms with van der Waals surface area (Å²) in [4.78, 5) is 21.2. The lowest BCUT2D eigenvalue weighted by Crippen LogP contribution is -2.25. The summed E-state index contributed by atoms with van der Waals surface area (Å²) in [6, 6.07) is 0. The number of esters is 2. The predicted octanol–water partition coefficient (Wildman–Crippen LogP) is 0.518. The number of ether oxygens (including phenoxy) is 3. The first-order chi connectivity index (χ1) is 6.56. The highest BCUT2D eigenvalue weighted by Crippen LogP contribution is 2.01. The van der Waals surface area contributed by atoms with Gasteiger partial charge in [-0.15, -0.1) is 0 Å². The monoisotopic (exact) mass is 204 g/mol. The first-order valence-electron chi connectivity index (χ1n) is 4.35. The maximum atomic E-state index is 10.7. The van der Waals surface area contributed by atoms with Crippen LogP contribution in [0, 0.1) is 0 Å². The van der Waals surface area contributed by atoms with Crippen molar-refractivity contribution in [3.05, 3.63) is 0 Å². The van der Waals surface area contributed by atoms with E-state index in [1.165, 1.54) is 13.8 Å². The van der Waals surface area contributed by atoms with E-state index in [0.717, 1.165) is 0 Å². The highest BCUT2D eigenvalue weighted by Gasteiger charge is 2.13. The van der Waals surface area contributed by atoms with Gasteiger partial charge in [-0.05, 0) is 0 Å². The van der Waals surface area contributed by atoms with Crippen molar-refractivity contribution in [3.63, 3.8) is 0 Å². The van der Waals surface area contributed by atoms with Gasteiger partial charge in [0.1, 0.15) is 12.7 Å². The Balaban J connectivity index is 3.83. The molecule has 0 saturated heterocycles. The van der Waals surface area contributed by atoms with Crippen LogP contribution >= 0.6 is 0 Å². The molecule has 14 heavy (non-hydrogen) atoms. The normalized spacial score (nSPS) is 11.9. The number of rotatable bonds is 6. The van der Waals surface area contributed by atoms with Crippen molar-refractivity contribution >= 4 is 11.9 Å². The van der Waals surface area contributed by atoms with Crippen molar-refractivity contribution in [3.8, 4) is 0 Å². The fourth-order valence-electron chi connectivity index (χ4n) is 0.871. The molecular weight excluding hydrogens is 188 g/mol. The standard InChI is InChI=1S/C9H16O5/c1-7(10)13-6-9(4-5-12-3)14-8(2)11/h9H,4-6H2,1-3H3. The van der Waals surface area contributed by atoms with Crippen molar-refractivity contribution in [2.45, 2.75) is 26.4 Å². The first kappa shape index (κ1) is 12.9. The van der Waals surface area contributed by atoms with E-state index < -0.39 is 12.1 Å². The van der Waals surface area contributed by atoms with Crippen LogP contribution in [-0.2, 0) is 23.8 Å². The molecule has 0 amide bonds. The second-order valence-electron chi connectivity index (χ2n) is 2.82. The summed E-state index contributed by atoms with van der Waals surface area (Å²) in [5.74, 6) is -0.780.